The van der Waals surface area contributed by atoms with E-state index in [9.17, 15) is 9.59 Å². The molecule has 2 aromatic rings. The van der Waals surface area contributed by atoms with Gasteiger partial charge in [-0.1, -0.05) is 30.7 Å². The van der Waals surface area contributed by atoms with E-state index in [2.05, 4.69) is 35.0 Å². The largest absolute Gasteiger partial charge is 0.336 e. The number of benzene rings is 2. The highest BCUT2D eigenvalue weighted by molar-refractivity contribution is 7.81. The van der Waals surface area contributed by atoms with Crippen molar-refractivity contribution in [3.8, 4) is 0 Å². The average Bonchev–Trinajstić information content (AvgIpc) is 2.78. The maximum atomic E-state index is 12.8. The van der Waals surface area contributed by atoms with Crippen LogP contribution in [0.5, 0.6) is 0 Å². The van der Waals surface area contributed by atoms with Crippen LogP contribution in [0.3, 0.4) is 0 Å². The number of nitrogens with zero attached hydrogens (tertiary/aromatic N) is 2. The van der Waals surface area contributed by atoms with Crippen LogP contribution >= 0.6 is 36.6 Å². The number of piperazine rings is 1. The molecule has 1 aliphatic rings. The van der Waals surface area contributed by atoms with Gasteiger partial charge in [-0.15, -0.1) is 12.4 Å². The number of rotatable bonds is 7. The van der Waals surface area contributed by atoms with Crippen molar-refractivity contribution in [1.29, 1.82) is 0 Å². The molecule has 2 aromatic carbocycles. The minimum atomic E-state index is -0.331. The highest BCUT2D eigenvalue weighted by atomic mass is 35.5. The van der Waals surface area contributed by atoms with Gasteiger partial charge in [0.15, 0.2) is 0 Å². The summed E-state index contributed by atoms with van der Waals surface area (Å²) in [4.78, 5) is 29.0. The second-order valence-electron chi connectivity index (χ2n) is 7.50. The summed E-state index contributed by atoms with van der Waals surface area (Å²) in [5.74, 6) is -0.0968. The Balaban J connectivity index is 0.00000341. The summed E-state index contributed by atoms with van der Waals surface area (Å²) in [5, 5.41) is 3.25. The fourth-order valence-corrected chi connectivity index (χ4v) is 3.59. The van der Waals surface area contributed by atoms with Gasteiger partial charge in [-0.25, -0.2) is 0 Å². The van der Waals surface area contributed by atoms with Crippen molar-refractivity contribution < 1.29 is 9.59 Å². The maximum absolute atomic E-state index is 12.8. The molecule has 0 aliphatic carbocycles. The fraction of sp³-hybridized carbons (Fsp3) is 0.391. The molecule has 5 nitrogen and oxygen atoms in total. The molecule has 1 unspecified atom stereocenters. The summed E-state index contributed by atoms with van der Waals surface area (Å²) in [6, 6.07) is 15.0. The van der Waals surface area contributed by atoms with E-state index in [4.69, 9.17) is 11.6 Å². The van der Waals surface area contributed by atoms with Gasteiger partial charge in [0.25, 0.3) is 5.91 Å². The first-order valence-electron chi connectivity index (χ1n) is 10.3. The summed E-state index contributed by atoms with van der Waals surface area (Å²) in [6.45, 7) is 6.06. The van der Waals surface area contributed by atoms with Crippen molar-refractivity contribution in [2.75, 3.05) is 38.0 Å². The quantitative estimate of drug-likeness (QED) is 0.575. The van der Waals surface area contributed by atoms with Crippen LogP contribution in [0, 0.1) is 0 Å². The van der Waals surface area contributed by atoms with E-state index in [0.29, 0.717) is 17.7 Å². The van der Waals surface area contributed by atoms with Crippen LogP contribution < -0.4 is 5.32 Å². The molecule has 8 heteroatoms. The van der Waals surface area contributed by atoms with Gasteiger partial charge < -0.3 is 10.2 Å². The number of hydrogen-bond donors (Lipinski definition) is 2. The molecule has 168 valence electrons. The minimum absolute atomic E-state index is 0. The predicted molar refractivity (Wildman–Crippen MR) is 133 cm³/mol. The lowest BCUT2D eigenvalue weighted by atomic mass is 10.1. The number of carbonyl (C=O) groups is 2. The molecule has 1 aliphatic heterocycles. The van der Waals surface area contributed by atoms with Crippen LogP contribution in [-0.2, 0) is 11.2 Å². The number of amides is 2. The van der Waals surface area contributed by atoms with Crippen molar-refractivity contribution in [3.63, 3.8) is 0 Å². The lowest BCUT2D eigenvalue weighted by Crippen LogP contribution is -2.49. The molecule has 0 spiro atoms. The molecule has 3 rings (SSSR count). The smallest absolute Gasteiger partial charge is 0.253 e. The Hall–Kier alpha value is -1.73. The molecule has 1 atom stereocenters. The molecule has 1 heterocycles. The van der Waals surface area contributed by atoms with Gasteiger partial charge in [0.05, 0.1) is 5.25 Å². The zero-order valence-corrected chi connectivity index (χ0v) is 20.1. The fourth-order valence-electron chi connectivity index (χ4n) is 3.40. The Labute approximate surface area is 201 Å². The van der Waals surface area contributed by atoms with Crippen LogP contribution in [0.4, 0.5) is 5.69 Å². The molecule has 31 heavy (non-hydrogen) atoms. The van der Waals surface area contributed by atoms with Crippen molar-refractivity contribution >= 4 is 54.1 Å². The first-order chi connectivity index (χ1) is 14.5. The first-order valence-corrected chi connectivity index (χ1v) is 11.2. The lowest BCUT2D eigenvalue weighted by Gasteiger charge is -2.34. The lowest BCUT2D eigenvalue weighted by molar-refractivity contribution is -0.115. The van der Waals surface area contributed by atoms with Crippen molar-refractivity contribution in [2.24, 2.45) is 0 Å². The van der Waals surface area contributed by atoms with Crippen LogP contribution in [-0.4, -0.2) is 59.6 Å². The highest BCUT2D eigenvalue weighted by Gasteiger charge is 2.22. The highest BCUT2D eigenvalue weighted by Crippen LogP contribution is 2.15. The molecule has 1 saturated heterocycles. The Morgan fingerprint density at radius 2 is 1.65 bits per heavy atom. The third-order valence-electron chi connectivity index (χ3n) is 5.38. The molecular weight excluding hydrogens is 453 g/mol. The average molecular weight is 482 g/mol. The molecule has 1 N–H and O–H groups in total. The summed E-state index contributed by atoms with van der Waals surface area (Å²) in [6.07, 6.45) is 1.64. The minimum Gasteiger partial charge on any atom is -0.336 e. The monoisotopic (exact) mass is 481 g/mol. The van der Waals surface area contributed by atoms with Crippen molar-refractivity contribution in [1.82, 2.24) is 9.80 Å². The molecule has 1 fully saturated rings. The Morgan fingerprint density at radius 3 is 2.23 bits per heavy atom. The number of thiol groups is 1. The molecule has 0 saturated carbocycles. The standard InChI is InChI=1S/C23H28ClN3O2S.ClH/c1-2-21(30)22(28)25-20-9-5-18(6-10-20)23(29)27-15-13-26(14-16-27)12-11-17-3-7-19(24)8-4-17;/h3-10,21,30H,2,11-16H2,1H3,(H,25,28);1H. The normalized spacial score (nSPS) is 15.1. The van der Waals surface area contributed by atoms with Crippen molar-refractivity contribution in [3.05, 3.63) is 64.7 Å². The Bertz CT molecular complexity index is 854. The number of hydrogen-bond acceptors (Lipinski definition) is 4. The summed E-state index contributed by atoms with van der Waals surface area (Å²) < 4.78 is 0. The Kier molecular flexibility index (Phi) is 10.2. The third-order valence-corrected chi connectivity index (χ3v) is 6.23. The number of halogens is 2. The van der Waals surface area contributed by atoms with Gasteiger partial charge >= 0.3 is 0 Å². The Morgan fingerprint density at radius 1 is 1.03 bits per heavy atom. The summed E-state index contributed by atoms with van der Waals surface area (Å²) in [5.41, 5.74) is 2.59. The molecular formula is C23H29Cl2N3O2S. The van der Waals surface area contributed by atoms with Crippen molar-refractivity contribution in [2.45, 2.75) is 25.0 Å². The van der Waals surface area contributed by atoms with Gasteiger partial charge in [-0.2, -0.15) is 12.6 Å². The van der Waals surface area contributed by atoms with Crippen LogP contribution in [0.2, 0.25) is 5.02 Å². The van der Waals surface area contributed by atoms with Gasteiger partial charge in [-0.3, -0.25) is 14.5 Å². The first kappa shape index (κ1) is 25.5. The third kappa shape index (κ3) is 7.42. The zero-order chi connectivity index (χ0) is 21.5. The number of carbonyl (C=O) groups excluding carboxylic acids is 2. The van der Waals surface area contributed by atoms with E-state index in [0.717, 1.165) is 44.2 Å². The second kappa shape index (κ2) is 12.3. The van der Waals surface area contributed by atoms with E-state index in [1.165, 1.54) is 5.56 Å². The topological polar surface area (TPSA) is 52.7 Å². The van der Waals surface area contributed by atoms with Crippen LogP contribution in [0.25, 0.3) is 0 Å². The van der Waals surface area contributed by atoms with E-state index < -0.39 is 0 Å². The van der Waals surface area contributed by atoms with E-state index in [1.807, 2.05) is 24.0 Å². The molecule has 2 amide bonds. The molecule has 0 radical (unpaired) electrons. The second-order valence-corrected chi connectivity index (χ2v) is 8.56. The summed E-state index contributed by atoms with van der Waals surface area (Å²) >= 11 is 10.2. The van der Waals surface area contributed by atoms with Crippen LogP contribution in [0.1, 0.15) is 29.3 Å². The van der Waals surface area contributed by atoms with E-state index >= 15 is 0 Å². The SMILES string of the molecule is CCC(S)C(=O)Nc1ccc(C(=O)N2CCN(CCc3ccc(Cl)cc3)CC2)cc1.Cl. The van der Waals surface area contributed by atoms with Gasteiger partial charge in [0.1, 0.15) is 0 Å². The van der Waals surface area contributed by atoms with Gasteiger partial charge in [0, 0.05) is 49.0 Å². The molecule has 0 bridgehead atoms. The van der Waals surface area contributed by atoms with Crippen LogP contribution in [0.15, 0.2) is 48.5 Å². The van der Waals surface area contributed by atoms with Gasteiger partial charge in [0.2, 0.25) is 5.91 Å². The number of anilines is 1. The van der Waals surface area contributed by atoms with E-state index in [1.54, 1.807) is 24.3 Å². The maximum Gasteiger partial charge on any atom is 0.253 e. The predicted octanol–water partition coefficient (Wildman–Crippen LogP) is 4.41. The molecule has 0 aromatic heterocycles. The summed E-state index contributed by atoms with van der Waals surface area (Å²) in [7, 11) is 0. The van der Waals surface area contributed by atoms with Gasteiger partial charge in [-0.05, 0) is 54.8 Å². The number of nitrogens with one attached hydrogen (secondary N) is 1. The zero-order valence-electron chi connectivity index (χ0n) is 17.6. The van der Waals surface area contributed by atoms with E-state index in [-0.39, 0.29) is 29.5 Å².